The topological polar surface area (TPSA) is 95.7 Å². The molecule has 7 rings (SSSR count). The molecular weight excluding hydrogens is 428 g/mol. The maximum atomic E-state index is 13.1. The van der Waals surface area contributed by atoms with Crippen molar-refractivity contribution >= 4 is 39.3 Å². The number of aliphatic hydroxyl groups excluding tert-OH is 1. The molecule has 34 heavy (non-hydrogen) atoms. The Morgan fingerprint density at radius 1 is 1.03 bits per heavy atom. The van der Waals surface area contributed by atoms with Crippen molar-refractivity contribution in [2.24, 2.45) is 5.10 Å². The summed E-state index contributed by atoms with van der Waals surface area (Å²) in [6.07, 6.45) is 1.68. The number of carbonyl (C=O) groups excluding carboxylic acids is 2. The van der Waals surface area contributed by atoms with E-state index < -0.39 is 0 Å². The van der Waals surface area contributed by atoms with E-state index in [-0.39, 0.29) is 24.8 Å². The fourth-order valence-corrected chi connectivity index (χ4v) is 5.95. The number of hydrazone groups is 1. The fraction of sp³-hybridized carbons (Fsp3) is 0.222. The number of hydrogen-bond acceptors (Lipinski definition) is 4. The zero-order valence-electron chi connectivity index (χ0n) is 18.4. The maximum absolute atomic E-state index is 13.1. The summed E-state index contributed by atoms with van der Waals surface area (Å²) in [5.74, 6) is -0.126. The van der Waals surface area contributed by atoms with E-state index in [0.717, 1.165) is 61.8 Å². The molecule has 0 atom stereocenters. The lowest BCUT2D eigenvalue weighted by molar-refractivity contribution is -0.119. The highest BCUT2D eigenvalue weighted by Gasteiger charge is 2.35. The van der Waals surface area contributed by atoms with Crippen molar-refractivity contribution in [3.05, 3.63) is 70.3 Å². The lowest BCUT2D eigenvalue weighted by Crippen LogP contribution is -2.13. The van der Waals surface area contributed by atoms with Crippen LogP contribution in [0.4, 0.5) is 0 Å². The molecule has 3 aromatic carbocycles. The Kier molecular flexibility index (Phi) is 4.02. The number of nitrogens with one attached hydrogen (secondary N) is 2. The molecule has 7 heteroatoms. The molecule has 2 aliphatic heterocycles. The van der Waals surface area contributed by atoms with Gasteiger partial charge in [-0.25, -0.2) is 5.43 Å². The molecule has 3 N–H and O–H groups in total. The third-order valence-corrected chi connectivity index (χ3v) is 7.33. The molecule has 0 radical (unpaired) electrons. The average molecular weight is 450 g/mol. The van der Waals surface area contributed by atoms with Gasteiger partial charge in [0.15, 0.2) is 0 Å². The van der Waals surface area contributed by atoms with E-state index in [1.54, 1.807) is 0 Å². The van der Waals surface area contributed by atoms with Crippen molar-refractivity contribution in [2.75, 3.05) is 6.61 Å². The van der Waals surface area contributed by atoms with Gasteiger partial charge < -0.3 is 15.0 Å². The van der Waals surface area contributed by atoms with Crippen molar-refractivity contribution in [1.82, 2.24) is 15.3 Å². The summed E-state index contributed by atoms with van der Waals surface area (Å²) in [5.41, 5.74) is 12.8. The number of rotatable bonds is 4. The first kappa shape index (κ1) is 19.5. The number of aliphatic hydroxyl groups is 1. The Morgan fingerprint density at radius 2 is 1.91 bits per heavy atom. The molecule has 3 aliphatic rings. The minimum absolute atomic E-state index is 0.0211. The van der Waals surface area contributed by atoms with Crippen LogP contribution in [-0.2, 0) is 24.3 Å². The van der Waals surface area contributed by atoms with E-state index in [1.807, 2.05) is 18.2 Å². The van der Waals surface area contributed by atoms with Gasteiger partial charge in [0.05, 0.1) is 23.2 Å². The normalized spacial score (nSPS) is 16.0. The molecule has 0 saturated carbocycles. The Bertz CT molecular complexity index is 1610. The second-order valence-corrected chi connectivity index (χ2v) is 9.18. The van der Waals surface area contributed by atoms with Crippen molar-refractivity contribution < 1.29 is 14.7 Å². The minimum atomic E-state index is -0.105. The lowest BCUT2D eigenvalue weighted by atomic mass is 9.91. The van der Waals surface area contributed by atoms with Gasteiger partial charge in [-0.1, -0.05) is 30.3 Å². The van der Waals surface area contributed by atoms with Gasteiger partial charge in [-0.05, 0) is 46.4 Å². The molecule has 0 spiro atoms. The molecule has 3 heterocycles. The highest BCUT2D eigenvalue weighted by molar-refractivity contribution is 6.22. The second kappa shape index (κ2) is 7.01. The molecule has 7 nitrogen and oxygen atoms in total. The Morgan fingerprint density at radius 3 is 2.74 bits per heavy atom. The van der Waals surface area contributed by atoms with E-state index in [1.165, 1.54) is 11.1 Å². The van der Waals surface area contributed by atoms with Crippen LogP contribution in [0.3, 0.4) is 0 Å². The van der Waals surface area contributed by atoms with E-state index in [9.17, 15) is 14.7 Å². The SMILES string of the molecule is O=C1CC(c2ccc3c(c2)c2c4c(c5c(c2n3CCCO)Cc2ccccc2-5)C(=O)NC4)=NN1. The standard InChI is InChI=1S/C27H22N4O3/c32-9-3-8-31-21-7-6-15(20-12-22(33)30-29-20)11-17(21)24-19-13-28-27(34)25(19)23-16-5-2-1-4-14(16)10-18(23)26(24)31/h1-2,4-7,11,32H,3,8-10,12-13H2,(H,28,34)(H,30,33). The first-order valence-corrected chi connectivity index (χ1v) is 11.6. The van der Waals surface area contributed by atoms with Crippen molar-refractivity contribution in [2.45, 2.75) is 32.4 Å². The van der Waals surface area contributed by atoms with Crippen molar-refractivity contribution in [1.29, 1.82) is 0 Å². The summed E-state index contributed by atoms with van der Waals surface area (Å²) in [7, 11) is 0. The third-order valence-electron chi connectivity index (χ3n) is 7.33. The highest BCUT2D eigenvalue weighted by atomic mass is 16.3. The van der Waals surface area contributed by atoms with E-state index in [0.29, 0.717) is 19.5 Å². The van der Waals surface area contributed by atoms with Crippen LogP contribution >= 0.6 is 0 Å². The first-order valence-electron chi connectivity index (χ1n) is 11.6. The van der Waals surface area contributed by atoms with E-state index in [2.05, 4.69) is 44.7 Å². The van der Waals surface area contributed by atoms with Crippen LogP contribution < -0.4 is 10.7 Å². The summed E-state index contributed by atoms with van der Waals surface area (Å²) >= 11 is 0. The summed E-state index contributed by atoms with van der Waals surface area (Å²) < 4.78 is 2.30. The average Bonchev–Trinajstić information content (AvgIpc) is 3.60. The van der Waals surface area contributed by atoms with Gasteiger partial charge in [-0.2, -0.15) is 5.10 Å². The quantitative estimate of drug-likeness (QED) is 0.392. The van der Waals surface area contributed by atoms with Crippen LogP contribution in [0.1, 0.15) is 45.5 Å². The Balaban J connectivity index is 1.60. The second-order valence-electron chi connectivity index (χ2n) is 9.18. The van der Waals surface area contributed by atoms with E-state index >= 15 is 0 Å². The molecule has 4 aromatic rings. The number of nitrogens with zero attached hydrogens (tertiary/aromatic N) is 2. The molecule has 1 aliphatic carbocycles. The molecule has 0 saturated heterocycles. The van der Waals surface area contributed by atoms with Gasteiger partial charge in [0, 0.05) is 48.0 Å². The van der Waals surface area contributed by atoms with E-state index in [4.69, 9.17) is 0 Å². The third kappa shape index (κ3) is 2.53. The molecule has 1 aromatic heterocycles. The summed E-state index contributed by atoms with van der Waals surface area (Å²) in [4.78, 5) is 24.8. The Labute approximate surface area is 195 Å². The van der Waals surface area contributed by atoms with Gasteiger partial charge in [0.25, 0.3) is 5.91 Å². The van der Waals surface area contributed by atoms with Crippen LogP contribution in [0, 0.1) is 0 Å². The molecule has 0 fully saturated rings. The van der Waals surface area contributed by atoms with Gasteiger partial charge in [0.2, 0.25) is 5.91 Å². The predicted molar refractivity (Wildman–Crippen MR) is 130 cm³/mol. The lowest BCUT2D eigenvalue weighted by Gasteiger charge is -2.13. The number of amides is 2. The number of fused-ring (bicyclic) bond motifs is 10. The first-order chi connectivity index (χ1) is 16.7. The van der Waals surface area contributed by atoms with Gasteiger partial charge in [-0.3, -0.25) is 9.59 Å². The van der Waals surface area contributed by atoms with Gasteiger partial charge >= 0.3 is 0 Å². The highest BCUT2D eigenvalue weighted by Crippen LogP contribution is 2.48. The van der Waals surface area contributed by atoms with Crippen molar-refractivity contribution in [3.63, 3.8) is 0 Å². The Hall–Kier alpha value is -3.97. The number of aromatic nitrogens is 1. The summed E-state index contributed by atoms with van der Waals surface area (Å²) in [5, 5.41) is 19.0. The molecule has 168 valence electrons. The smallest absolute Gasteiger partial charge is 0.252 e. The van der Waals surface area contributed by atoms with Crippen LogP contribution in [0.5, 0.6) is 0 Å². The fourth-order valence-electron chi connectivity index (χ4n) is 5.95. The van der Waals surface area contributed by atoms with Gasteiger partial charge in [0.1, 0.15) is 0 Å². The molecule has 0 bridgehead atoms. The van der Waals surface area contributed by atoms with Crippen LogP contribution in [-0.4, -0.2) is 33.8 Å². The number of benzene rings is 3. The summed E-state index contributed by atoms with van der Waals surface area (Å²) in [6, 6.07) is 14.5. The monoisotopic (exact) mass is 450 g/mol. The van der Waals surface area contributed by atoms with Crippen LogP contribution in [0.2, 0.25) is 0 Å². The number of aryl methyl sites for hydroxylation is 1. The van der Waals surface area contributed by atoms with Gasteiger partial charge in [-0.15, -0.1) is 0 Å². The van der Waals surface area contributed by atoms with Crippen LogP contribution in [0.25, 0.3) is 32.9 Å². The maximum Gasteiger partial charge on any atom is 0.252 e. The molecule has 2 amide bonds. The number of carbonyl (C=O) groups is 2. The zero-order chi connectivity index (χ0) is 23.0. The largest absolute Gasteiger partial charge is 0.396 e. The predicted octanol–water partition coefficient (Wildman–Crippen LogP) is 3.22. The number of hydrogen-bond donors (Lipinski definition) is 3. The van der Waals surface area contributed by atoms with Crippen molar-refractivity contribution in [3.8, 4) is 11.1 Å². The summed E-state index contributed by atoms with van der Waals surface area (Å²) in [6.45, 7) is 1.28. The van der Waals surface area contributed by atoms with Crippen LogP contribution in [0.15, 0.2) is 47.6 Å². The molecule has 0 unspecified atom stereocenters. The minimum Gasteiger partial charge on any atom is -0.396 e. The zero-order valence-corrected chi connectivity index (χ0v) is 18.4. The molecular formula is C27H22N4O3.